The summed E-state index contributed by atoms with van der Waals surface area (Å²) < 4.78 is 10.2. The van der Waals surface area contributed by atoms with Crippen molar-refractivity contribution < 1.29 is 34.4 Å². The van der Waals surface area contributed by atoms with Gasteiger partial charge in [0.05, 0.1) is 12.2 Å². The quantitative estimate of drug-likeness (QED) is 0.0289. The largest absolute Gasteiger partial charge is 0.463 e. The van der Waals surface area contributed by atoms with Crippen molar-refractivity contribution in [1.29, 1.82) is 0 Å². The Labute approximate surface area is 281 Å². The second-order valence-corrected chi connectivity index (χ2v) is 12.4. The molecule has 0 bridgehead atoms. The molecule has 0 aromatic rings. The number of unbranched alkanes of at least 4 members (excludes halogenated alkanes) is 15. The van der Waals surface area contributed by atoms with Crippen LogP contribution in [0.1, 0.15) is 155 Å². The van der Waals surface area contributed by atoms with Crippen molar-refractivity contribution >= 4 is 11.9 Å². The van der Waals surface area contributed by atoms with Crippen LogP contribution >= 0.6 is 0 Å². The predicted molar refractivity (Wildman–Crippen MR) is 189 cm³/mol. The molecule has 0 aliphatic rings. The van der Waals surface area contributed by atoms with E-state index in [0.717, 1.165) is 25.7 Å². The molecule has 3 atom stereocenters. The molecule has 0 saturated carbocycles. The molecular formula is C39H68O7. The number of hydrogen-bond donors (Lipinski definition) is 3. The lowest BCUT2D eigenvalue weighted by Gasteiger charge is -2.12. The maximum absolute atomic E-state index is 11.9. The Morgan fingerprint density at radius 3 is 1.54 bits per heavy atom. The molecule has 0 rings (SSSR count). The molecule has 0 saturated heterocycles. The first kappa shape index (κ1) is 43.8. The zero-order valence-electron chi connectivity index (χ0n) is 29.3. The average Bonchev–Trinajstić information content (AvgIpc) is 3.04. The first-order valence-corrected chi connectivity index (χ1v) is 18.4. The standard InChI is InChI=1S/C39H68O7/c1-3-5-7-9-11-12-13-14-15-16-17-19-25-31-38(43)45-33-37(42)34-46-39(44)32-26-30-36(41)29-24-21-20-23-28-35(40)27-22-18-10-8-6-4-2/h18,20-24,28-29,35-37,40-42H,3-17,19,25-27,30-34H2,1-2H3/b21-20+,22-18-,28-23+,29-24-/t35-,36-,37-/m1/s1. The minimum Gasteiger partial charge on any atom is -0.463 e. The molecule has 0 aromatic carbocycles. The Kier molecular flexibility index (Phi) is 32.5. The Bertz CT molecular complexity index is 817. The predicted octanol–water partition coefficient (Wildman–Crippen LogP) is 9.00. The van der Waals surface area contributed by atoms with Crippen LogP contribution in [0.3, 0.4) is 0 Å². The van der Waals surface area contributed by atoms with E-state index >= 15 is 0 Å². The molecule has 46 heavy (non-hydrogen) atoms. The van der Waals surface area contributed by atoms with E-state index in [1.807, 2.05) is 6.08 Å². The number of ether oxygens (including phenoxy) is 2. The van der Waals surface area contributed by atoms with Gasteiger partial charge in [0, 0.05) is 12.8 Å². The van der Waals surface area contributed by atoms with Crippen molar-refractivity contribution in [1.82, 2.24) is 0 Å². The van der Waals surface area contributed by atoms with Gasteiger partial charge in [-0.15, -0.1) is 0 Å². The molecule has 266 valence electrons. The van der Waals surface area contributed by atoms with Crippen molar-refractivity contribution in [3.8, 4) is 0 Å². The van der Waals surface area contributed by atoms with Crippen LogP contribution in [0, 0.1) is 0 Å². The van der Waals surface area contributed by atoms with Crippen molar-refractivity contribution in [3.63, 3.8) is 0 Å². The second-order valence-electron chi connectivity index (χ2n) is 12.4. The molecule has 0 aliphatic carbocycles. The maximum Gasteiger partial charge on any atom is 0.305 e. The van der Waals surface area contributed by atoms with Crippen molar-refractivity contribution in [2.45, 2.75) is 173 Å². The first-order valence-electron chi connectivity index (χ1n) is 18.4. The molecule has 3 N–H and O–H groups in total. The summed E-state index contributed by atoms with van der Waals surface area (Å²) in [5.41, 5.74) is 0. The summed E-state index contributed by atoms with van der Waals surface area (Å²) >= 11 is 0. The Morgan fingerprint density at radius 1 is 0.543 bits per heavy atom. The van der Waals surface area contributed by atoms with Crippen molar-refractivity contribution in [2.75, 3.05) is 13.2 Å². The third-order valence-electron chi connectivity index (χ3n) is 7.76. The van der Waals surface area contributed by atoms with E-state index in [-0.39, 0.29) is 25.6 Å². The number of carbonyl (C=O) groups is 2. The van der Waals surface area contributed by atoms with E-state index in [2.05, 4.69) is 19.9 Å². The van der Waals surface area contributed by atoms with Gasteiger partial charge in [-0.05, 0) is 38.5 Å². The average molecular weight is 649 g/mol. The normalized spacial score (nSPS) is 14.1. The Morgan fingerprint density at radius 2 is 1.00 bits per heavy atom. The topological polar surface area (TPSA) is 113 Å². The molecular weight excluding hydrogens is 580 g/mol. The summed E-state index contributed by atoms with van der Waals surface area (Å²) in [7, 11) is 0. The fourth-order valence-corrected chi connectivity index (χ4v) is 4.87. The van der Waals surface area contributed by atoms with Gasteiger partial charge >= 0.3 is 11.9 Å². The van der Waals surface area contributed by atoms with E-state index in [9.17, 15) is 24.9 Å². The molecule has 0 amide bonds. The van der Waals surface area contributed by atoms with Crippen LogP contribution in [-0.2, 0) is 19.1 Å². The number of rotatable bonds is 32. The van der Waals surface area contributed by atoms with Gasteiger partial charge in [-0.3, -0.25) is 9.59 Å². The minimum absolute atomic E-state index is 0.125. The van der Waals surface area contributed by atoms with Crippen LogP contribution in [0.15, 0.2) is 48.6 Å². The lowest BCUT2D eigenvalue weighted by molar-refractivity contribution is -0.152. The number of aliphatic hydroxyl groups excluding tert-OH is 3. The smallest absolute Gasteiger partial charge is 0.305 e. The maximum atomic E-state index is 11.9. The van der Waals surface area contributed by atoms with E-state index in [1.54, 1.807) is 36.5 Å². The van der Waals surface area contributed by atoms with Crippen LogP contribution in [-0.4, -0.2) is 58.8 Å². The van der Waals surface area contributed by atoms with E-state index in [1.165, 1.54) is 83.5 Å². The molecule has 0 aromatic heterocycles. The van der Waals surface area contributed by atoms with E-state index in [4.69, 9.17) is 9.47 Å². The fourth-order valence-electron chi connectivity index (χ4n) is 4.87. The lowest BCUT2D eigenvalue weighted by atomic mass is 10.0. The van der Waals surface area contributed by atoms with Crippen LogP contribution in [0.5, 0.6) is 0 Å². The van der Waals surface area contributed by atoms with Crippen LogP contribution < -0.4 is 0 Å². The highest BCUT2D eigenvalue weighted by atomic mass is 16.6. The summed E-state index contributed by atoms with van der Waals surface area (Å²) in [4.78, 5) is 23.9. The zero-order chi connectivity index (χ0) is 33.9. The highest BCUT2D eigenvalue weighted by Crippen LogP contribution is 2.13. The van der Waals surface area contributed by atoms with Gasteiger partial charge in [0.2, 0.25) is 0 Å². The molecule has 7 nitrogen and oxygen atoms in total. The highest BCUT2D eigenvalue weighted by Gasteiger charge is 2.12. The van der Waals surface area contributed by atoms with Gasteiger partial charge < -0.3 is 24.8 Å². The summed E-state index contributed by atoms with van der Waals surface area (Å²) in [5.74, 6) is -0.798. The molecule has 7 heteroatoms. The van der Waals surface area contributed by atoms with Gasteiger partial charge in [0.15, 0.2) is 0 Å². The molecule has 0 radical (unpaired) electrons. The summed E-state index contributed by atoms with van der Waals surface area (Å²) in [6.45, 7) is 4.01. The first-order chi connectivity index (χ1) is 22.4. The molecule has 0 fully saturated rings. The Balaban J connectivity index is 3.74. The summed E-state index contributed by atoms with van der Waals surface area (Å²) in [6, 6.07) is 0. The number of carbonyl (C=O) groups excluding carboxylic acids is 2. The summed E-state index contributed by atoms with van der Waals surface area (Å²) in [5, 5.41) is 30.0. The molecule has 0 heterocycles. The third kappa shape index (κ3) is 33.2. The van der Waals surface area contributed by atoms with Gasteiger partial charge in [-0.2, -0.15) is 0 Å². The Hall–Kier alpha value is -2.22. The number of aliphatic hydroxyl groups is 3. The molecule has 0 unspecified atom stereocenters. The molecule has 0 spiro atoms. The highest BCUT2D eigenvalue weighted by molar-refractivity contribution is 5.69. The number of allylic oxidation sites excluding steroid dienone is 5. The minimum atomic E-state index is -1.05. The van der Waals surface area contributed by atoms with Crippen LogP contribution in [0.25, 0.3) is 0 Å². The van der Waals surface area contributed by atoms with Crippen LogP contribution in [0.2, 0.25) is 0 Å². The van der Waals surface area contributed by atoms with E-state index in [0.29, 0.717) is 25.7 Å². The van der Waals surface area contributed by atoms with E-state index < -0.39 is 24.3 Å². The van der Waals surface area contributed by atoms with Gasteiger partial charge in [-0.25, -0.2) is 0 Å². The monoisotopic (exact) mass is 648 g/mol. The number of hydrogen-bond acceptors (Lipinski definition) is 7. The zero-order valence-corrected chi connectivity index (χ0v) is 29.3. The number of esters is 2. The van der Waals surface area contributed by atoms with Crippen molar-refractivity contribution in [2.24, 2.45) is 0 Å². The van der Waals surface area contributed by atoms with Crippen molar-refractivity contribution in [3.05, 3.63) is 48.6 Å². The molecule has 0 aliphatic heterocycles. The van der Waals surface area contributed by atoms with Gasteiger partial charge in [0.25, 0.3) is 0 Å². The van der Waals surface area contributed by atoms with Gasteiger partial charge in [-0.1, -0.05) is 152 Å². The third-order valence-corrected chi connectivity index (χ3v) is 7.76. The summed E-state index contributed by atoms with van der Waals surface area (Å²) in [6.07, 6.45) is 35.1. The lowest BCUT2D eigenvalue weighted by Crippen LogP contribution is -2.25. The second kappa shape index (κ2) is 34.1. The fraction of sp³-hybridized carbons (Fsp3) is 0.744. The SMILES string of the molecule is CCCCC/C=C\C[C@@H](O)/C=C/C=C/C=C\[C@@H](O)CCCC(=O)OC[C@H](O)COC(=O)CCCCCCCCCCCCCCC. The van der Waals surface area contributed by atoms with Crippen LogP contribution in [0.4, 0.5) is 0 Å². The van der Waals surface area contributed by atoms with Gasteiger partial charge in [0.1, 0.15) is 19.3 Å².